The van der Waals surface area contributed by atoms with E-state index in [0.29, 0.717) is 24.1 Å². The van der Waals surface area contributed by atoms with E-state index in [2.05, 4.69) is 23.5 Å². The first-order chi connectivity index (χ1) is 16.5. The first-order valence-corrected chi connectivity index (χ1v) is 12.6. The van der Waals surface area contributed by atoms with E-state index in [1.165, 1.54) is 0 Å². The summed E-state index contributed by atoms with van der Waals surface area (Å²) in [5, 5.41) is 5.77. The summed E-state index contributed by atoms with van der Waals surface area (Å²) < 4.78 is 5.42. The van der Waals surface area contributed by atoms with E-state index >= 15 is 0 Å². The molecule has 2 unspecified atom stereocenters. The Morgan fingerprint density at radius 2 is 1.80 bits per heavy atom. The zero-order valence-corrected chi connectivity index (χ0v) is 22.0. The number of amides is 3. The van der Waals surface area contributed by atoms with E-state index in [4.69, 9.17) is 11.2 Å². The molecule has 2 N–H and O–H groups in total. The van der Waals surface area contributed by atoms with Crippen molar-refractivity contribution in [3.63, 3.8) is 0 Å². The Balaban J connectivity index is 2.41. The summed E-state index contributed by atoms with van der Waals surface area (Å²) in [6.07, 6.45) is 8.72. The number of benzene rings is 1. The molecule has 0 aromatic heterocycles. The maximum atomic E-state index is 14.0. The van der Waals surface area contributed by atoms with Crippen LogP contribution in [0.25, 0.3) is 0 Å². The average Bonchev–Trinajstić information content (AvgIpc) is 3.60. The molecule has 1 aromatic rings. The molecule has 0 bridgehead atoms. The topological polar surface area (TPSA) is 87.7 Å². The van der Waals surface area contributed by atoms with Crippen molar-refractivity contribution < 1.29 is 19.1 Å². The quantitative estimate of drug-likeness (QED) is 0.357. The number of alkyl carbamates (subject to hydrolysis) is 1. The van der Waals surface area contributed by atoms with Crippen molar-refractivity contribution in [2.24, 2.45) is 5.92 Å². The van der Waals surface area contributed by atoms with Gasteiger partial charge in [-0.15, -0.1) is 6.42 Å². The molecule has 1 aromatic carbocycles. The zero-order chi connectivity index (χ0) is 26.2. The fourth-order valence-electron chi connectivity index (χ4n) is 3.88. The first kappa shape index (κ1) is 28.2. The molecule has 7 heteroatoms. The van der Waals surface area contributed by atoms with Gasteiger partial charge in [-0.1, -0.05) is 45.2 Å². The normalized spacial score (nSPS) is 15.0. The fourth-order valence-corrected chi connectivity index (χ4v) is 3.88. The number of nitrogens with one attached hydrogen (secondary N) is 2. The van der Waals surface area contributed by atoms with Gasteiger partial charge in [0.15, 0.2) is 0 Å². The summed E-state index contributed by atoms with van der Waals surface area (Å²) in [5.74, 6) is 2.23. The van der Waals surface area contributed by atoms with Gasteiger partial charge in [0.25, 0.3) is 0 Å². The highest BCUT2D eigenvalue weighted by Crippen LogP contribution is 2.36. The van der Waals surface area contributed by atoms with E-state index in [9.17, 15) is 14.4 Å². The minimum atomic E-state index is -0.811. The van der Waals surface area contributed by atoms with Crippen molar-refractivity contribution in [2.45, 2.75) is 97.4 Å². The third-order valence-electron chi connectivity index (χ3n) is 5.64. The molecule has 2 atom stereocenters. The monoisotopic (exact) mass is 483 g/mol. The molecular weight excluding hydrogens is 442 g/mol. The second-order valence-electron chi connectivity index (χ2n) is 10.6. The first-order valence-electron chi connectivity index (χ1n) is 12.6. The highest BCUT2D eigenvalue weighted by atomic mass is 16.6. The number of terminal acetylenes is 1. The van der Waals surface area contributed by atoms with Gasteiger partial charge in [-0.3, -0.25) is 9.59 Å². The van der Waals surface area contributed by atoms with Crippen LogP contribution in [0.2, 0.25) is 0 Å². The molecule has 192 valence electrons. The largest absolute Gasteiger partial charge is 0.444 e. The molecule has 0 radical (unpaired) electrons. The van der Waals surface area contributed by atoms with Gasteiger partial charge in [0.2, 0.25) is 11.8 Å². The summed E-state index contributed by atoms with van der Waals surface area (Å²) in [7, 11) is 0. The molecule has 0 heterocycles. The maximum absolute atomic E-state index is 14.0. The molecule has 3 amide bonds. The van der Waals surface area contributed by atoms with Crippen molar-refractivity contribution >= 4 is 17.9 Å². The summed E-state index contributed by atoms with van der Waals surface area (Å²) in [5.41, 5.74) is 0.706. The Hall–Kier alpha value is -3.01. The van der Waals surface area contributed by atoms with Crippen LogP contribution in [-0.2, 0) is 14.3 Å². The lowest BCUT2D eigenvalue weighted by molar-refractivity contribution is -0.143. The van der Waals surface area contributed by atoms with Crippen LogP contribution in [-0.4, -0.2) is 47.0 Å². The molecule has 7 nitrogen and oxygen atoms in total. The molecule has 1 saturated carbocycles. The molecule has 1 aliphatic rings. The molecule has 35 heavy (non-hydrogen) atoms. The van der Waals surface area contributed by atoms with Gasteiger partial charge < -0.3 is 20.3 Å². The van der Waals surface area contributed by atoms with Crippen LogP contribution in [0.3, 0.4) is 0 Å². The number of carbonyl (C=O) groups excluding carboxylic acids is 3. The van der Waals surface area contributed by atoms with Crippen LogP contribution in [0.1, 0.15) is 90.8 Å². The highest BCUT2D eigenvalue weighted by Gasteiger charge is 2.44. The van der Waals surface area contributed by atoms with Gasteiger partial charge in [-0.2, -0.15) is 0 Å². The number of carbonyl (C=O) groups is 3. The molecule has 0 spiro atoms. The van der Waals surface area contributed by atoms with Gasteiger partial charge in [0.1, 0.15) is 17.7 Å². The van der Waals surface area contributed by atoms with E-state index in [-0.39, 0.29) is 23.8 Å². The van der Waals surface area contributed by atoms with Crippen LogP contribution in [0.15, 0.2) is 24.3 Å². The highest BCUT2D eigenvalue weighted by molar-refractivity contribution is 5.92. The summed E-state index contributed by atoms with van der Waals surface area (Å²) in [4.78, 5) is 41.7. The standard InChI is InChI=1S/C28H41N3O4/c1-8-10-17-29-25(32)24(21-13-11-20(9-2)12-14-21)31(22-15-16-22)26(33)23(18-19(3)4)30-27(34)35-28(5,6)7/h2,11-14,19,22-24H,8,10,15-18H2,1,3-7H3,(H,29,32)(H,30,34). The van der Waals surface area contributed by atoms with Gasteiger partial charge >= 0.3 is 6.09 Å². The smallest absolute Gasteiger partial charge is 0.408 e. The lowest BCUT2D eigenvalue weighted by atomic mass is 9.98. The Bertz CT molecular complexity index is 908. The Morgan fingerprint density at radius 3 is 2.29 bits per heavy atom. The number of hydrogen-bond acceptors (Lipinski definition) is 4. The van der Waals surface area contributed by atoms with Crippen molar-refractivity contribution in [3.05, 3.63) is 35.4 Å². The second-order valence-corrected chi connectivity index (χ2v) is 10.6. The van der Waals surface area contributed by atoms with Crippen molar-refractivity contribution in [3.8, 4) is 12.3 Å². The lowest BCUT2D eigenvalue weighted by Gasteiger charge is -2.35. The van der Waals surface area contributed by atoms with Gasteiger partial charge in [-0.05, 0) is 70.1 Å². The molecule has 1 aliphatic carbocycles. The predicted molar refractivity (Wildman–Crippen MR) is 138 cm³/mol. The lowest BCUT2D eigenvalue weighted by Crippen LogP contribution is -2.54. The van der Waals surface area contributed by atoms with Crippen molar-refractivity contribution in [2.75, 3.05) is 6.54 Å². The SMILES string of the molecule is C#Cc1ccc(C(C(=O)NCCCC)N(C(=O)C(CC(C)C)NC(=O)OC(C)(C)C)C2CC2)cc1. The van der Waals surface area contributed by atoms with Gasteiger partial charge in [0, 0.05) is 18.2 Å². The number of hydrogen-bond donors (Lipinski definition) is 2. The number of ether oxygens (including phenoxy) is 1. The van der Waals surface area contributed by atoms with Crippen LogP contribution in [0, 0.1) is 18.3 Å². The minimum Gasteiger partial charge on any atom is -0.444 e. The van der Waals surface area contributed by atoms with Crippen molar-refractivity contribution in [1.29, 1.82) is 0 Å². The van der Waals surface area contributed by atoms with Gasteiger partial charge in [0.05, 0.1) is 0 Å². The van der Waals surface area contributed by atoms with E-state index < -0.39 is 23.8 Å². The van der Waals surface area contributed by atoms with Crippen molar-refractivity contribution in [1.82, 2.24) is 15.5 Å². The fraction of sp³-hybridized carbons (Fsp3) is 0.607. The summed E-state index contributed by atoms with van der Waals surface area (Å²) in [6.45, 7) is 11.9. The Kier molecular flexibility index (Phi) is 10.2. The summed E-state index contributed by atoms with van der Waals surface area (Å²) >= 11 is 0. The van der Waals surface area contributed by atoms with E-state index in [1.807, 2.05) is 13.8 Å². The molecule has 0 aliphatic heterocycles. The third-order valence-corrected chi connectivity index (χ3v) is 5.64. The zero-order valence-electron chi connectivity index (χ0n) is 22.0. The van der Waals surface area contributed by atoms with E-state index in [0.717, 1.165) is 25.7 Å². The van der Waals surface area contributed by atoms with Crippen LogP contribution >= 0.6 is 0 Å². The van der Waals surface area contributed by atoms with Crippen LogP contribution < -0.4 is 10.6 Å². The van der Waals surface area contributed by atoms with Crippen LogP contribution in [0.5, 0.6) is 0 Å². The average molecular weight is 484 g/mol. The van der Waals surface area contributed by atoms with Gasteiger partial charge in [-0.25, -0.2) is 4.79 Å². The molecule has 0 saturated heterocycles. The van der Waals surface area contributed by atoms with Crippen LogP contribution in [0.4, 0.5) is 4.79 Å². The second kappa shape index (κ2) is 12.6. The minimum absolute atomic E-state index is 0.0631. The molecule has 1 fully saturated rings. The Labute approximate surface area is 210 Å². The number of rotatable bonds is 11. The number of unbranched alkanes of at least 4 members (excludes halogenated alkanes) is 1. The predicted octanol–water partition coefficient (Wildman–Crippen LogP) is 4.56. The maximum Gasteiger partial charge on any atom is 0.408 e. The summed E-state index contributed by atoms with van der Waals surface area (Å²) in [6, 6.07) is 5.49. The third kappa shape index (κ3) is 8.93. The number of nitrogens with zero attached hydrogens (tertiary/aromatic N) is 1. The molecular formula is C28H41N3O4. The van der Waals surface area contributed by atoms with E-state index in [1.54, 1.807) is 49.9 Å². The molecule has 2 rings (SSSR count). The Morgan fingerprint density at radius 1 is 1.17 bits per heavy atom.